The van der Waals surface area contributed by atoms with Crippen LogP contribution in [-0.4, -0.2) is 13.0 Å². The fraction of sp³-hybridized carbons (Fsp3) is 0.0714. The van der Waals surface area contributed by atoms with Crippen LogP contribution >= 0.6 is 11.6 Å². The van der Waals surface area contributed by atoms with Gasteiger partial charge in [0.2, 0.25) is 0 Å². The van der Waals surface area contributed by atoms with Gasteiger partial charge in [0, 0.05) is 11.4 Å². The predicted molar refractivity (Wildman–Crippen MR) is 76.8 cm³/mol. The molecule has 1 amide bonds. The van der Waals surface area contributed by atoms with Gasteiger partial charge in [0.15, 0.2) is 0 Å². The zero-order chi connectivity index (χ0) is 14.7. The summed E-state index contributed by atoms with van der Waals surface area (Å²) in [4.78, 5) is 12.2. The molecule has 0 radical (unpaired) electrons. The van der Waals surface area contributed by atoms with Crippen LogP contribution in [0.15, 0.2) is 36.4 Å². The van der Waals surface area contributed by atoms with E-state index in [0.717, 1.165) is 0 Å². The van der Waals surface area contributed by atoms with Gasteiger partial charge in [-0.05, 0) is 36.4 Å². The summed E-state index contributed by atoms with van der Waals surface area (Å²) >= 11 is 5.66. The molecule has 20 heavy (non-hydrogen) atoms. The average Bonchev–Trinajstić information content (AvgIpc) is 2.43. The molecule has 6 heteroatoms. The molecule has 0 fully saturated rings. The first-order valence-electron chi connectivity index (χ1n) is 5.71. The Morgan fingerprint density at radius 1 is 1.30 bits per heavy atom. The van der Waals surface area contributed by atoms with Gasteiger partial charge in [0.05, 0.1) is 17.7 Å². The van der Waals surface area contributed by atoms with Crippen LogP contribution in [0.4, 0.5) is 15.8 Å². The van der Waals surface area contributed by atoms with Gasteiger partial charge in [-0.3, -0.25) is 4.79 Å². The number of carbonyl (C=O) groups excluding carboxylic acids is 1. The lowest BCUT2D eigenvalue weighted by molar-refractivity contribution is 0.102. The minimum absolute atomic E-state index is 0.0673. The Labute approximate surface area is 120 Å². The molecule has 0 aromatic heterocycles. The Morgan fingerprint density at radius 3 is 2.70 bits per heavy atom. The third kappa shape index (κ3) is 3.00. The molecule has 2 aromatic rings. The first kappa shape index (κ1) is 14.1. The van der Waals surface area contributed by atoms with E-state index >= 15 is 0 Å². The molecule has 0 heterocycles. The topological polar surface area (TPSA) is 64.3 Å². The number of halogens is 2. The molecule has 3 N–H and O–H groups in total. The summed E-state index contributed by atoms with van der Waals surface area (Å²) in [6.07, 6.45) is 0. The highest BCUT2D eigenvalue weighted by atomic mass is 35.5. The molecule has 0 bridgehead atoms. The highest BCUT2D eigenvalue weighted by Crippen LogP contribution is 2.24. The van der Waals surface area contributed by atoms with Crippen LogP contribution in [0.5, 0.6) is 5.75 Å². The number of hydrogen-bond acceptors (Lipinski definition) is 3. The first-order valence-corrected chi connectivity index (χ1v) is 6.09. The summed E-state index contributed by atoms with van der Waals surface area (Å²) in [7, 11) is 1.46. The third-order valence-electron chi connectivity index (χ3n) is 2.65. The highest BCUT2D eigenvalue weighted by molar-refractivity contribution is 6.31. The number of nitrogens with one attached hydrogen (secondary N) is 1. The van der Waals surface area contributed by atoms with E-state index in [1.165, 1.54) is 31.4 Å². The highest BCUT2D eigenvalue weighted by Gasteiger charge is 2.13. The normalized spacial score (nSPS) is 10.2. The van der Waals surface area contributed by atoms with Crippen molar-refractivity contribution in [1.82, 2.24) is 0 Å². The smallest absolute Gasteiger partial charge is 0.259 e. The van der Waals surface area contributed by atoms with Crippen LogP contribution < -0.4 is 15.8 Å². The summed E-state index contributed by atoms with van der Waals surface area (Å²) in [5.74, 6) is -0.576. The number of hydrogen-bond donors (Lipinski definition) is 2. The second kappa shape index (κ2) is 5.79. The number of rotatable bonds is 3. The summed E-state index contributed by atoms with van der Waals surface area (Å²) in [6, 6.07) is 8.64. The van der Waals surface area contributed by atoms with Gasteiger partial charge in [-0.2, -0.15) is 0 Å². The number of methoxy groups -OCH3 is 1. The van der Waals surface area contributed by atoms with Crippen molar-refractivity contribution < 1.29 is 13.9 Å². The van der Waals surface area contributed by atoms with Gasteiger partial charge in [-0.1, -0.05) is 11.6 Å². The largest absolute Gasteiger partial charge is 0.496 e. The van der Waals surface area contributed by atoms with Crippen LogP contribution in [0.1, 0.15) is 10.4 Å². The molecule has 2 rings (SSSR count). The van der Waals surface area contributed by atoms with Gasteiger partial charge in [-0.25, -0.2) is 4.39 Å². The zero-order valence-corrected chi connectivity index (χ0v) is 11.4. The number of carbonyl (C=O) groups is 1. The summed E-state index contributed by atoms with van der Waals surface area (Å²) in [6.45, 7) is 0. The minimum atomic E-state index is -0.550. The second-order valence-electron chi connectivity index (χ2n) is 4.04. The van der Waals surface area contributed by atoms with Crippen molar-refractivity contribution in [3.05, 3.63) is 52.8 Å². The Hall–Kier alpha value is -2.27. The van der Waals surface area contributed by atoms with Crippen molar-refractivity contribution in [2.75, 3.05) is 18.2 Å². The molecule has 0 aliphatic heterocycles. The van der Waals surface area contributed by atoms with Crippen LogP contribution in [-0.2, 0) is 0 Å². The van der Waals surface area contributed by atoms with E-state index in [1.807, 2.05) is 0 Å². The van der Waals surface area contributed by atoms with Crippen molar-refractivity contribution in [3.8, 4) is 5.75 Å². The molecule has 104 valence electrons. The summed E-state index contributed by atoms with van der Waals surface area (Å²) < 4.78 is 18.1. The predicted octanol–water partition coefficient (Wildman–Crippen LogP) is 3.32. The van der Waals surface area contributed by atoms with E-state index in [-0.39, 0.29) is 10.6 Å². The van der Waals surface area contributed by atoms with Crippen molar-refractivity contribution >= 4 is 28.9 Å². The lowest BCUT2D eigenvalue weighted by atomic mass is 10.1. The number of nitrogens with two attached hydrogens (primary N) is 1. The van der Waals surface area contributed by atoms with E-state index in [2.05, 4.69) is 5.32 Å². The zero-order valence-electron chi connectivity index (χ0n) is 10.6. The van der Waals surface area contributed by atoms with Crippen LogP contribution in [0.2, 0.25) is 5.02 Å². The molecule has 0 spiro atoms. The van der Waals surface area contributed by atoms with Crippen molar-refractivity contribution in [3.63, 3.8) is 0 Å². The van der Waals surface area contributed by atoms with Crippen LogP contribution in [0.25, 0.3) is 0 Å². The second-order valence-corrected chi connectivity index (χ2v) is 4.45. The Bertz CT molecular complexity index is 662. The number of ether oxygens (including phenoxy) is 1. The maximum atomic E-state index is 13.0. The minimum Gasteiger partial charge on any atom is -0.496 e. The number of nitrogen functional groups attached to an aromatic ring is 1. The van der Waals surface area contributed by atoms with Crippen LogP contribution in [0, 0.1) is 5.82 Å². The molecule has 0 aliphatic carbocycles. The molecule has 0 saturated heterocycles. The Balaban J connectivity index is 2.27. The SMILES string of the molecule is COc1ccc(N)cc1C(=O)Nc1ccc(F)c(Cl)c1. The maximum Gasteiger partial charge on any atom is 0.259 e. The van der Waals surface area contributed by atoms with Crippen molar-refractivity contribution in [2.45, 2.75) is 0 Å². The molecule has 0 atom stereocenters. The quantitative estimate of drug-likeness (QED) is 0.854. The third-order valence-corrected chi connectivity index (χ3v) is 2.94. The number of benzene rings is 2. The van der Waals surface area contributed by atoms with Crippen LogP contribution in [0.3, 0.4) is 0 Å². The lowest BCUT2D eigenvalue weighted by Gasteiger charge is -2.10. The van der Waals surface area contributed by atoms with E-state index in [0.29, 0.717) is 17.1 Å². The van der Waals surface area contributed by atoms with E-state index < -0.39 is 11.7 Å². The molecule has 2 aromatic carbocycles. The molecular formula is C14H12ClFN2O2. The lowest BCUT2D eigenvalue weighted by Crippen LogP contribution is -2.13. The van der Waals surface area contributed by atoms with Crippen molar-refractivity contribution in [2.24, 2.45) is 0 Å². The molecular weight excluding hydrogens is 283 g/mol. The fourth-order valence-electron chi connectivity index (χ4n) is 1.68. The van der Waals surface area contributed by atoms with E-state index in [1.54, 1.807) is 12.1 Å². The number of anilines is 2. The molecule has 0 aliphatic rings. The van der Waals surface area contributed by atoms with Crippen molar-refractivity contribution in [1.29, 1.82) is 0 Å². The fourth-order valence-corrected chi connectivity index (χ4v) is 1.86. The molecule has 0 unspecified atom stereocenters. The Morgan fingerprint density at radius 2 is 2.05 bits per heavy atom. The number of amides is 1. The van der Waals surface area contributed by atoms with E-state index in [9.17, 15) is 9.18 Å². The van der Waals surface area contributed by atoms with Gasteiger partial charge in [-0.15, -0.1) is 0 Å². The molecule has 4 nitrogen and oxygen atoms in total. The molecule has 0 saturated carbocycles. The first-order chi connectivity index (χ1) is 9.51. The monoisotopic (exact) mass is 294 g/mol. The summed E-state index contributed by atoms with van der Waals surface area (Å²) in [5, 5.41) is 2.54. The van der Waals surface area contributed by atoms with Gasteiger partial charge in [0.25, 0.3) is 5.91 Å². The van der Waals surface area contributed by atoms with Gasteiger partial charge < -0.3 is 15.8 Å². The van der Waals surface area contributed by atoms with Gasteiger partial charge in [0.1, 0.15) is 11.6 Å². The summed E-state index contributed by atoms with van der Waals surface area (Å²) in [5.41, 5.74) is 6.75. The van der Waals surface area contributed by atoms with Gasteiger partial charge >= 0.3 is 0 Å². The average molecular weight is 295 g/mol. The Kier molecular flexibility index (Phi) is 4.10. The van der Waals surface area contributed by atoms with E-state index in [4.69, 9.17) is 22.1 Å². The maximum absolute atomic E-state index is 13.0. The standard InChI is InChI=1S/C14H12ClFN2O2/c1-20-13-5-2-8(17)6-10(13)14(19)18-9-3-4-12(16)11(15)7-9/h2-7H,17H2,1H3,(H,18,19).